The monoisotopic (exact) mass is 536 g/mol. The lowest BCUT2D eigenvalue weighted by molar-refractivity contribution is 0.463. The molecule has 0 atom stereocenters. The van der Waals surface area contributed by atoms with Gasteiger partial charge in [-0.1, -0.05) is 30.3 Å². The number of halogens is 1. The van der Waals surface area contributed by atoms with E-state index in [-0.39, 0.29) is 24.0 Å². The van der Waals surface area contributed by atoms with Crippen LogP contribution < -0.4 is 15.5 Å². The first-order valence-electron chi connectivity index (χ1n) is 10.1. The Hall–Kier alpha value is -2.07. The average molecular weight is 536 g/mol. The van der Waals surface area contributed by atoms with Crippen LogP contribution in [0.25, 0.3) is 0 Å². The third kappa shape index (κ3) is 6.21. The standard InChI is InChI=1S/C22H28N6S.HI/c1-23-22(26-20-9-11-27(12-10-20)21-8-5-13-29-21)24-14-19-15-25-28(17-19)16-18-6-3-2-4-7-18;/h2-8,13,15,17,20H,9-12,14,16H2,1H3,(H2,23,24,26);1H. The Bertz CT molecular complexity index is 901. The van der Waals surface area contributed by atoms with Gasteiger partial charge in [-0.05, 0) is 35.9 Å². The first kappa shape index (κ1) is 22.6. The van der Waals surface area contributed by atoms with Gasteiger partial charge < -0.3 is 15.5 Å². The lowest BCUT2D eigenvalue weighted by atomic mass is 10.1. The normalized spacial score (nSPS) is 15.0. The molecule has 0 saturated carbocycles. The number of hydrogen-bond donors (Lipinski definition) is 2. The topological polar surface area (TPSA) is 57.5 Å². The minimum absolute atomic E-state index is 0. The van der Waals surface area contributed by atoms with Crippen LogP contribution in [-0.4, -0.2) is 41.9 Å². The number of hydrogen-bond acceptors (Lipinski definition) is 4. The minimum Gasteiger partial charge on any atom is -0.363 e. The lowest BCUT2D eigenvalue weighted by Gasteiger charge is -2.33. The lowest BCUT2D eigenvalue weighted by Crippen LogP contribution is -2.48. The largest absolute Gasteiger partial charge is 0.363 e. The second kappa shape index (κ2) is 11.4. The molecular formula is C22H29IN6S. The zero-order chi connectivity index (χ0) is 19.9. The van der Waals surface area contributed by atoms with Crippen molar-refractivity contribution in [3.8, 4) is 0 Å². The Morgan fingerprint density at radius 1 is 1.13 bits per heavy atom. The van der Waals surface area contributed by atoms with E-state index >= 15 is 0 Å². The molecule has 2 aromatic heterocycles. The molecule has 0 spiro atoms. The van der Waals surface area contributed by atoms with E-state index in [0.29, 0.717) is 12.6 Å². The van der Waals surface area contributed by atoms with Crippen molar-refractivity contribution in [3.05, 3.63) is 71.4 Å². The number of aliphatic imine (C=N–C) groups is 1. The summed E-state index contributed by atoms with van der Waals surface area (Å²) in [6.45, 7) is 3.67. The van der Waals surface area contributed by atoms with Crippen molar-refractivity contribution in [2.24, 2.45) is 4.99 Å². The number of piperidine rings is 1. The fraction of sp³-hybridized carbons (Fsp3) is 0.364. The third-order valence-corrected chi connectivity index (χ3v) is 6.14. The van der Waals surface area contributed by atoms with Crippen molar-refractivity contribution in [1.29, 1.82) is 0 Å². The zero-order valence-corrected chi connectivity index (χ0v) is 20.3. The summed E-state index contributed by atoms with van der Waals surface area (Å²) in [6, 6.07) is 15.2. The summed E-state index contributed by atoms with van der Waals surface area (Å²) in [5, 5.41) is 15.0. The Morgan fingerprint density at radius 2 is 1.93 bits per heavy atom. The molecule has 6 nitrogen and oxygen atoms in total. The van der Waals surface area contributed by atoms with Crippen LogP contribution >= 0.6 is 35.3 Å². The second-order valence-corrected chi connectivity index (χ2v) is 8.24. The van der Waals surface area contributed by atoms with Gasteiger partial charge in [-0.15, -0.1) is 35.3 Å². The van der Waals surface area contributed by atoms with Gasteiger partial charge >= 0.3 is 0 Å². The quantitative estimate of drug-likeness (QED) is 0.285. The maximum absolute atomic E-state index is 4.48. The molecule has 1 saturated heterocycles. The Labute approximate surface area is 199 Å². The molecule has 1 aliphatic rings. The molecular weight excluding hydrogens is 507 g/mol. The summed E-state index contributed by atoms with van der Waals surface area (Å²) in [4.78, 5) is 6.87. The molecule has 0 bridgehead atoms. The minimum atomic E-state index is 0. The first-order valence-corrected chi connectivity index (χ1v) is 11.0. The van der Waals surface area contributed by atoms with Crippen LogP contribution in [0.5, 0.6) is 0 Å². The van der Waals surface area contributed by atoms with Crippen molar-refractivity contribution in [3.63, 3.8) is 0 Å². The summed E-state index contributed by atoms with van der Waals surface area (Å²) in [5.41, 5.74) is 2.40. The second-order valence-electron chi connectivity index (χ2n) is 7.31. The van der Waals surface area contributed by atoms with Crippen molar-refractivity contribution in [2.45, 2.75) is 32.0 Å². The van der Waals surface area contributed by atoms with E-state index in [0.717, 1.165) is 44.0 Å². The number of benzene rings is 1. The summed E-state index contributed by atoms with van der Waals surface area (Å²) < 4.78 is 1.98. The van der Waals surface area contributed by atoms with E-state index in [9.17, 15) is 0 Å². The number of guanidine groups is 1. The maximum atomic E-state index is 4.48. The smallest absolute Gasteiger partial charge is 0.191 e. The van der Waals surface area contributed by atoms with E-state index in [1.54, 1.807) is 0 Å². The highest BCUT2D eigenvalue weighted by molar-refractivity contribution is 14.0. The Morgan fingerprint density at radius 3 is 2.63 bits per heavy atom. The molecule has 8 heteroatoms. The third-order valence-electron chi connectivity index (χ3n) is 5.21. The number of thiophene rings is 1. The van der Waals surface area contributed by atoms with Crippen molar-refractivity contribution < 1.29 is 0 Å². The van der Waals surface area contributed by atoms with Crippen molar-refractivity contribution in [2.75, 3.05) is 25.0 Å². The van der Waals surface area contributed by atoms with E-state index in [4.69, 9.17) is 0 Å². The Kier molecular flexibility index (Phi) is 8.56. The summed E-state index contributed by atoms with van der Waals surface area (Å²) in [5.74, 6) is 0.857. The molecule has 1 aromatic carbocycles. The number of aromatic nitrogens is 2. The van der Waals surface area contributed by atoms with Crippen LogP contribution in [0, 0.1) is 0 Å². The van der Waals surface area contributed by atoms with Gasteiger partial charge in [0.2, 0.25) is 0 Å². The van der Waals surface area contributed by atoms with Crippen molar-refractivity contribution in [1.82, 2.24) is 20.4 Å². The van der Waals surface area contributed by atoms with Gasteiger partial charge in [-0.2, -0.15) is 5.10 Å². The predicted octanol–water partition coefficient (Wildman–Crippen LogP) is 3.94. The fourth-order valence-corrected chi connectivity index (χ4v) is 4.41. The summed E-state index contributed by atoms with van der Waals surface area (Å²) in [6.07, 6.45) is 6.25. The number of nitrogens with one attached hydrogen (secondary N) is 2. The van der Waals surface area contributed by atoms with Crippen LogP contribution in [0.2, 0.25) is 0 Å². The molecule has 0 aliphatic carbocycles. The number of rotatable bonds is 6. The van der Waals surface area contributed by atoms with Crippen LogP contribution in [0.1, 0.15) is 24.0 Å². The number of nitrogens with zero attached hydrogens (tertiary/aromatic N) is 4. The van der Waals surface area contributed by atoms with E-state index in [2.05, 4.69) is 73.6 Å². The van der Waals surface area contributed by atoms with E-state index < -0.39 is 0 Å². The first-order chi connectivity index (χ1) is 14.3. The molecule has 4 rings (SSSR count). The SMILES string of the molecule is CN=C(NCc1cnn(Cc2ccccc2)c1)NC1CCN(c2cccs2)CC1.I. The van der Waals surface area contributed by atoms with E-state index in [1.807, 2.05) is 35.3 Å². The molecule has 1 fully saturated rings. The van der Waals surface area contributed by atoms with Gasteiger partial charge in [0.05, 0.1) is 17.7 Å². The van der Waals surface area contributed by atoms with Gasteiger partial charge in [-0.25, -0.2) is 0 Å². The fourth-order valence-electron chi connectivity index (χ4n) is 3.62. The molecule has 0 radical (unpaired) electrons. The maximum Gasteiger partial charge on any atom is 0.191 e. The van der Waals surface area contributed by atoms with Crippen molar-refractivity contribution >= 4 is 46.3 Å². The van der Waals surface area contributed by atoms with Crippen LogP contribution in [0.15, 0.2) is 65.2 Å². The van der Waals surface area contributed by atoms with Gasteiger partial charge in [0.15, 0.2) is 5.96 Å². The molecule has 160 valence electrons. The molecule has 0 unspecified atom stereocenters. The molecule has 2 N–H and O–H groups in total. The van der Waals surface area contributed by atoms with Gasteiger partial charge in [0.1, 0.15) is 0 Å². The highest BCUT2D eigenvalue weighted by Crippen LogP contribution is 2.24. The molecule has 3 aromatic rings. The van der Waals surface area contributed by atoms with Crippen LogP contribution in [-0.2, 0) is 13.1 Å². The van der Waals surface area contributed by atoms with Gasteiger partial charge in [-0.3, -0.25) is 9.67 Å². The van der Waals surface area contributed by atoms with Gasteiger partial charge in [0.25, 0.3) is 0 Å². The molecule has 30 heavy (non-hydrogen) atoms. The molecule has 3 heterocycles. The predicted molar refractivity (Wildman–Crippen MR) is 136 cm³/mol. The molecule has 1 aliphatic heterocycles. The van der Waals surface area contributed by atoms with Gasteiger partial charge in [0, 0.05) is 44.5 Å². The Balaban J connectivity index is 0.00000256. The van der Waals surface area contributed by atoms with Crippen LogP contribution in [0.3, 0.4) is 0 Å². The summed E-state index contributed by atoms with van der Waals surface area (Å²) in [7, 11) is 1.83. The summed E-state index contributed by atoms with van der Waals surface area (Å²) >= 11 is 1.82. The van der Waals surface area contributed by atoms with E-state index in [1.165, 1.54) is 10.6 Å². The number of anilines is 1. The average Bonchev–Trinajstić information content (AvgIpc) is 3.45. The highest BCUT2D eigenvalue weighted by Gasteiger charge is 2.20. The highest BCUT2D eigenvalue weighted by atomic mass is 127. The zero-order valence-electron chi connectivity index (χ0n) is 17.2. The molecule has 0 amide bonds. The van der Waals surface area contributed by atoms with Crippen LogP contribution in [0.4, 0.5) is 5.00 Å².